The summed E-state index contributed by atoms with van der Waals surface area (Å²) in [7, 11) is 1.67. The number of carbonyl (C=O) groups is 1. The van der Waals surface area contributed by atoms with Crippen molar-refractivity contribution in [1.29, 1.82) is 0 Å². The first-order chi connectivity index (χ1) is 10.6. The van der Waals surface area contributed by atoms with E-state index in [0.717, 1.165) is 22.5 Å². The lowest BCUT2D eigenvalue weighted by Gasteiger charge is -2.12. The molecule has 0 aliphatic heterocycles. The van der Waals surface area contributed by atoms with Gasteiger partial charge >= 0.3 is 0 Å². The average molecular weight is 298 g/mol. The van der Waals surface area contributed by atoms with E-state index in [4.69, 9.17) is 10.5 Å². The summed E-state index contributed by atoms with van der Waals surface area (Å²) >= 11 is 0. The number of anilines is 2. The van der Waals surface area contributed by atoms with Crippen LogP contribution in [0.4, 0.5) is 11.4 Å². The molecule has 22 heavy (non-hydrogen) atoms. The van der Waals surface area contributed by atoms with Crippen molar-refractivity contribution in [3.63, 3.8) is 0 Å². The van der Waals surface area contributed by atoms with Crippen molar-refractivity contribution in [3.05, 3.63) is 59.7 Å². The minimum Gasteiger partial charge on any atom is -0.399 e. The molecular formula is C18H22N2O2. The molecule has 0 saturated heterocycles. The van der Waals surface area contributed by atoms with Crippen LogP contribution in [0.25, 0.3) is 0 Å². The number of hydrogen-bond acceptors (Lipinski definition) is 3. The van der Waals surface area contributed by atoms with E-state index < -0.39 is 0 Å². The van der Waals surface area contributed by atoms with Crippen LogP contribution in [0.2, 0.25) is 0 Å². The maximum absolute atomic E-state index is 12.1. The van der Waals surface area contributed by atoms with Gasteiger partial charge in [-0.3, -0.25) is 4.79 Å². The van der Waals surface area contributed by atoms with Crippen molar-refractivity contribution in [1.82, 2.24) is 0 Å². The maximum atomic E-state index is 12.1. The minimum absolute atomic E-state index is 0.000897. The highest BCUT2D eigenvalue weighted by atomic mass is 16.5. The fourth-order valence-electron chi connectivity index (χ4n) is 2.24. The van der Waals surface area contributed by atoms with Gasteiger partial charge in [0.2, 0.25) is 5.91 Å². The molecule has 0 aromatic heterocycles. The Labute approximate surface area is 131 Å². The second kappa shape index (κ2) is 7.61. The number of nitrogens with one attached hydrogen (secondary N) is 1. The van der Waals surface area contributed by atoms with Crippen LogP contribution in [0.3, 0.4) is 0 Å². The molecule has 0 heterocycles. The third kappa shape index (κ3) is 4.33. The molecule has 0 fully saturated rings. The Balaban J connectivity index is 1.93. The van der Waals surface area contributed by atoms with Crippen LogP contribution in [0.5, 0.6) is 0 Å². The molecule has 0 aliphatic rings. The van der Waals surface area contributed by atoms with Gasteiger partial charge in [-0.1, -0.05) is 30.3 Å². The molecule has 0 aliphatic carbocycles. The number of nitrogens with two attached hydrogens (primary N) is 1. The first-order valence-electron chi connectivity index (χ1n) is 7.36. The summed E-state index contributed by atoms with van der Waals surface area (Å²) < 4.78 is 5.29. The first-order valence-corrected chi connectivity index (χ1v) is 7.36. The second-order valence-electron chi connectivity index (χ2n) is 5.25. The van der Waals surface area contributed by atoms with E-state index in [1.54, 1.807) is 7.11 Å². The Hall–Kier alpha value is -2.33. The number of para-hydroxylation sites is 1. The van der Waals surface area contributed by atoms with E-state index >= 15 is 0 Å². The summed E-state index contributed by atoms with van der Waals surface area (Å²) in [5.74, 6) is -0.0227. The van der Waals surface area contributed by atoms with Crippen molar-refractivity contribution in [2.24, 2.45) is 0 Å². The molecule has 3 N–H and O–H groups in total. The maximum Gasteiger partial charge on any atom is 0.224 e. The number of rotatable bonds is 6. The van der Waals surface area contributed by atoms with Gasteiger partial charge in [-0.05, 0) is 42.7 Å². The van der Waals surface area contributed by atoms with Crippen LogP contribution < -0.4 is 11.1 Å². The SMILES string of the molecule is COC(C)c1cccc(NC(=O)CCc2ccccc2N)c1. The van der Waals surface area contributed by atoms with Crippen LogP contribution in [0.15, 0.2) is 48.5 Å². The highest BCUT2D eigenvalue weighted by Gasteiger charge is 2.07. The van der Waals surface area contributed by atoms with E-state index in [0.29, 0.717) is 12.8 Å². The fraction of sp³-hybridized carbons (Fsp3) is 0.278. The predicted octanol–water partition coefficient (Wildman–Crippen LogP) is 3.55. The molecule has 0 radical (unpaired) electrons. The average Bonchev–Trinajstić information content (AvgIpc) is 2.53. The van der Waals surface area contributed by atoms with E-state index in [-0.39, 0.29) is 12.0 Å². The monoisotopic (exact) mass is 298 g/mol. The Kier molecular flexibility index (Phi) is 5.55. The Bertz CT molecular complexity index is 640. The molecule has 2 aromatic carbocycles. The smallest absolute Gasteiger partial charge is 0.224 e. The molecule has 1 amide bonds. The number of hydrogen-bond donors (Lipinski definition) is 2. The van der Waals surface area contributed by atoms with Crippen LogP contribution in [-0.2, 0) is 16.0 Å². The van der Waals surface area contributed by atoms with Gasteiger partial charge < -0.3 is 15.8 Å². The van der Waals surface area contributed by atoms with Gasteiger partial charge in [0.25, 0.3) is 0 Å². The number of aryl methyl sites for hydroxylation is 1. The Morgan fingerprint density at radius 3 is 2.73 bits per heavy atom. The topological polar surface area (TPSA) is 64.3 Å². The molecule has 116 valence electrons. The summed E-state index contributed by atoms with van der Waals surface area (Å²) in [5.41, 5.74) is 9.43. The van der Waals surface area contributed by atoms with Crippen LogP contribution >= 0.6 is 0 Å². The highest BCUT2D eigenvalue weighted by molar-refractivity contribution is 5.91. The van der Waals surface area contributed by atoms with Crippen molar-refractivity contribution < 1.29 is 9.53 Å². The normalized spacial score (nSPS) is 11.9. The lowest BCUT2D eigenvalue weighted by atomic mass is 10.1. The fourth-order valence-corrected chi connectivity index (χ4v) is 2.24. The molecule has 4 nitrogen and oxygen atoms in total. The third-order valence-corrected chi connectivity index (χ3v) is 3.67. The number of amides is 1. The zero-order valence-corrected chi connectivity index (χ0v) is 13.0. The molecule has 2 rings (SSSR count). The highest BCUT2D eigenvalue weighted by Crippen LogP contribution is 2.20. The van der Waals surface area contributed by atoms with Crippen molar-refractivity contribution in [3.8, 4) is 0 Å². The molecule has 0 saturated carbocycles. The molecule has 4 heteroatoms. The van der Waals surface area contributed by atoms with E-state index in [1.165, 1.54) is 0 Å². The number of methoxy groups -OCH3 is 1. The number of ether oxygens (including phenoxy) is 1. The summed E-state index contributed by atoms with van der Waals surface area (Å²) in [6.07, 6.45) is 1.03. The standard InChI is InChI=1S/C18H22N2O2/c1-13(22-2)15-7-5-8-16(12-15)20-18(21)11-10-14-6-3-4-9-17(14)19/h3-9,12-13H,10-11,19H2,1-2H3,(H,20,21). The lowest BCUT2D eigenvalue weighted by Crippen LogP contribution is -2.13. The van der Waals surface area contributed by atoms with Gasteiger partial charge in [-0.25, -0.2) is 0 Å². The van der Waals surface area contributed by atoms with E-state index in [1.807, 2.05) is 55.5 Å². The van der Waals surface area contributed by atoms with Crippen LogP contribution in [0, 0.1) is 0 Å². The van der Waals surface area contributed by atoms with Gasteiger partial charge in [0.1, 0.15) is 0 Å². The molecule has 1 unspecified atom stereocenters. The number of benzene rings is 2. The molecule has 1 atom stereocenters. The zero-order chi connectivity index (χ0) is 15.9. The Morgan fingerprint density at radius 2 is 2.00 bits per heavy atom. The van der Waals surface area contributed by atoms with Gasteiger partial charge in [0.15, 0.2) is 0 Å². The van der Waals surface area contributed by atoms with Crippen molar-refractivity contribution in [2.75, 3.05) is 18.2 Å². The molecule has 0 bridgehead atoms. The Morgan fingerprint density at radius 1 is 1.23 bits per heavy atom. The first kappa shape index (κ1) is 16.0. The van der Waals surface area contributed by atoms with Gasteiger partial charge in [-0.15, -0.1) is 0 Å². The summed E-state index contributed by atoms with van der Waals surface area (Å²) in [6.45, 7) is 1.97. The third-order valence-electron chi connectivity index (χ3n) is 3.67. The largest absolute Gasteiger partial charge is 0.399 e. The summed E-state index contributed by atoms with van der Waals surface area (Å²) in [5, 5.41) is 2.92. The molecule has 0 spiro atoms. The van der Waals surface area contributed by atoms with Crippen LogP contribution in [-0.4, -0.2) is 13.0 Å². The predicted molar refractivity (Wildman–Crippen MR) is 89.7 cm³/mol. The van der Waals surface area contributed by atoms with E-state index in [2.05, 4.69) is 5.32 Å². The van der Waals surface area contributed by atoms with Gasteiger partial charge in [0.05, 0.1) is 6.10 Å². The second-order valence-corrected chi connectivity index (χ2v) is 5.25. The lowest BCUT2D eigenvalue weighted by molar-refractivity contribution is -0.116. The summed E-state index contributed by atoms with van der Waals surface area (Å²) in [6, 6.07) is 15.3. The van der Waals surface area contributed by atoms with Crippen molar-refractivity contribution >= 4 is 17.3 Å². The number of carbonyl (C=O) groups excluding carboxylic acids is 1. The zero-order valence-electron chi connectivity index (χ0n) is 13.0. The molecule has 2 aromatic rings. The van der Waals surface area contributed by atoms with Gasteiger partial charge in [-0.2, -0.15) is 0 Å². The quantitative estimate of drug-likeness (QED) is 0.802. The van der Waals surface area contributed by atoms with Crippen LogP contribution in [0.1, 0.15) is 30.6 Å². The van der Waals surface area contributed by atoms with Crippen molar-refractivity contribution in [2.45, 2.75) is 25.9 Å². The minimum atomic E-state index is -0.0227. The van der Waals surface area contributed by atoms with E-state index in [9.17, 15) is 4.79 Å². The summed E-state index contributed by atoms with van der Waals surface area (Å²) in [4.78, 5) is 12.1. The molecular weight excluding hydrogens is 276 g/mol. The number of nitrogen functional groups attached to an aromatic ring is 1. The van der Waals surface area contributed by atoms with Gasteiger partial charge in [0, 0.05) is 24.9 Å².